The lowest BCUT2D eigenvalue weighted by Gasteiger charge is -2.53. The molecule has 0 unspecified atom stereocenters. The molecule has 194 valence electrons. The Morgan fingerprint density at radius 2 is 1.86 bits per heavy atom. The maximum atomic E-state index is 13.1. The molecule has 0 bridgehead atoms. The molecule has 5 heterocycles. The molecule has 12 nitrogen and oxygen atoms in total. The SMILES string of the molecule is O=S(=O)(Nc1ncnc(OCCOc2ncc(Br)cn2)c1-c1ccc2c(c1)OCC2)N1CC2(COC2)C1. The minimum Gasteiger partial charge on any atom is -0.493 e. The van der Waals surface area contributed by atoms with Crippen LogP contribution in [-0.4, -0.2) is 78.8 Å². The van der Waals surface area contributed by atoms with E-state index >= 15 is 0 Å². The van der Waals surface area contributed by atoms with Crippen LogP contribution in [0.3, 0.4) is 0 Å². The number of halogens is 1. The summed E-state index contributed by atoms with van der Waals surface area (Å²) in [6.07, 6.45) is 5.24. The molecule has 1 N–H and O–H groups in total. The van der Waals surface area contributed by atoms with Gasteiger partial charge in [0.25, 0.3) is 0 Å². The topological polar surface area (TPSA) is 138 Å². The van der Waals surface area contributed by atoms with Gasteiger partial charge >= 0.3 is 16.2 Å². The van der Waals surface area contributed by atoms with Gasteiger partial charge in [-0.2, -0.15) is 12.7 Å². The Balaban J connectivity index is 1.24. The highest BCUT2D eigenvalue weighted by Gasteiger charge is 2.53. The van der Waals surface area contributed by atoms with E-state index in [0.29, 0.717) is 44.0 Å². The van der Waals surface area contributed by atoms with Crippen molar-refractivity contribution >= 4 is 32.0 Å². The van der Waals surface area contributed by atoms with E-state index in [1.54, 1.807) is 12.4 Å². The predicted octanol–water partition coefficient (Wildman–Crippen LogP) is 2.08. The summed E-state index contributed by atoms with van der Waals surface area (Å²) in [5.41, 5.74) is 2.10. The molecule has 0 radical (unpaired) electrons. The van der Waals surface area contributed by atoms with Crippen LogP contribution >= 0.6 is 15.9 Å². The minimum atomic E-state index is -3.84. The predicted molar refractivity (Wildman–Crippen MR) is 135 cm³/mol. The van der Waals surface area contributed by atoms with E-state index in [4.69, 9.17) is 18.9 Å². The fourth-order valence-corrected chi connectivity index (χ4v) is 6.04. The van der Waals surface area contributed by atoms with Gasteiger partial charge in [0, 0.05) is 37.3 Å². The van der Waals surface area contributed by atoms with Gasteiger partial charge in [-0.15, -0.1) is 0 Å². The molecule has 0 atom stereocenters. The highest BCUT2D eigenvalue weighted by atomic mass is 79.9. The molecule has 3 aliphatic heterocycles. The van der Waals surface area contributed by atoms with E-state index < -0.39 is 10.2 Å². The lowest BCUT2D eigenvalue weighted by atomic mass is 9.80. The fourth-order valence-electron chi connectivity index (χ4n) is 4.42. The molecule has 1 spiro atoms. The zero-order chi connectivity index (χ0) is 25.5. The number of rotatable bonds is 9. The Labute approximate surface area is 221 Å². The van der Waals surface area contributed by atoms with Crippen molar-refractivity contribution in [3.8, 4) is 28.8 Å². The lowest BCUT2D eigenvalue weighted by Crippen LogP contribution is -2.67. The summed E-state index contributed by atoms with van der Waals surface area (Å²) >= 11 is 3.28. The summed E-state index contributed by atoms with van der Waals surface area (Å²) in [7, 11) is -3.84. The maximum Gasteiger partial charge on any atom is 0.316 e. The first-order valence-corrected chi connectivity index (χ1v) is 13.8. The van der Waals surface area contributed by atoms with Crippen LogP contribution in [-0.2, 0) is 21.4 Å². The molecule has 2 fully saturated rings. The summed E-state index contributed by atoms with van der Waals surface area (Å²) in [5, 5.41) is 0. The van der Waals surface area contributed by atoms with Crippen molar-refractivity contribution in [3.63, 3.8) is 0 Å². The van der Waals surface area contributed by atoms with Crippen molar-refractivity contribution in [2.24, 2.45) is 5.41 Å². The summed E-state index contributed by atoms with van der Waals surface area (Å²) < 4.78 is 53.5. The highest BCUT2D eigenvalue weighted by Crippen LogP contribution is 2.41. The van der Waals surface area contributed by atoms with Crippen molar-refractivity contribution in [2.75, 3.05) is 50.8 Å². The Morgan fingerprint density at radius 1 is 1.08 bits per heavy atom. The average molecular weight is 591 g/mol. The van der Waals surface area contributed by atoms with Crippen LogP contribution in [0.25, 0.3) is 11.1 Å². The van der Waals surface area contributed by atoms with Crippen molar-refractivity contribution in [1.82, 2.24) is 24.2 Å². The average Bonchev–Trinajstić information content (AvgIpc) is 3.29. The van der Waals surface area contributed by atoms with Crippen LogP contribution in [0.15, 0.2) is 41.4 Å². The minimum absolute atomic E-state index is 0.0621. The lowest BCUT2D eigenvalue weighted by molar-refractivity contribution is -0.166. The Bertz CT molecular complexity index is 1410. The number of aromatic nitrogens is 4. The van der Waals surface area contributed by atoms with Crippen LogP contribution in [0.2, 0.25) is 0 Å². The number of ether oxygens (including phenoxy) is 4. The third-order valence-corrected chi connectivity index (χ3v) is 8.15. The van der Waals surface area contributed by atoms with E-state index in [1.165, 1.54) is 10.6 Å². The normalized spacial score (nSPS) is 17.9. The van der Waals surface area contributed by atoms with Crippen LogP contribution in [0.4, 0.5) is 5.82 Å². The van der Waals surface area contributed by atoms with Gasteiger partial charge in [0.1, 0.15) is 25.3 Å². The van der Waals surface area contributed by atoms with Gasteiger partial charge in [0.2, 0.25) is 5.88 Å². The number of nitrogens with one attached hydrogen (secondary N) is 1. The molecule has 0 saturated carbocycles. The summed E-state index contributed by atoms with van der Waals surface area (Å²) in [6.45, 7) is 2.85. The molecule has 0 amide bonds. The fraction of sp³-hybridized carbons (Fsp3) is 0.391. The molecule has 37 heavy (non-hydrogen) atoms. The van der Waals surface area contributed by atoms with Crippen molar-refractivity contribution in [1.29, 1.82) is 0 Å². The van der Waals surface area contributed by atoms with Gasteiger partial charge in [-0.05, 0) is 33.1 Å². The second-order valence-corrected chi connectivity index (χ2v) is 11.7. The van der Waals surface area contributed by atoms with Gasteiger partial charge in [-0.3, -0.25) is 4.72 Å². The van der Waals surface area contributed by atoms with Crippen molar-refractivity contribution in [3.05, 3.63) is 47.0 Å². The van der Waals surface area contributed by atoms with E-state index in [1.807, 2.05) is 18.2 Å². The molecule has 2 aromatic heterocycles. The molecule has 1 aromatic carbocycles. The Morgan fingerprint density at radius 3 is 2.62 bits per heavy atom. The number of hydrogen-bond donors (Lipinski definition) is 1. The van der Waals surface area contributed by atoms with Gasteiger partial charge in [-0.25, -0.2) is 19.9 Å². The number of hydrogen-bond acceptors (Lipinski definition) is 10. The molecule has 2 saturated heterocycles. The number of benzene rings is 1. The van der Waals surface area contributed by atoms with E-state index in [0.717, 1.165) is 22.2 Å². The summed E-state index contributed by atoms with van der Waals surface area (Å²) in [6, 6.07) is 5.90. The molecule has 6 rings (SSSR count). The smallest absolute Gasteiger partial charge is 0.316 e. The third-order valence-electron chi connectivity index (χ3n) is 6.35. The first-order valence-electron chi connectivity index (χ1n) is 11.6. The van der Waals surface area contributed by atoms with Crippen LogP contribution in [0.1, 0.15) is 5.56 Å². The van der Waals surface area contributed by atoms with Gasteiger partial charge < -0.3 is 18.9 Å². The van der Waals surface area contributed by atoms with Gasteiger partial charge in [0.15, 0.2) is 5.82 Å². The standard InChI is InChI=1S/C23H23BrN6O6S/c24-17-8-25-22(26-9-17)36-6-5-35-21-19(16-2-1-15-3-4-34-18(15)7-16)20(27-14-28-21)29-37(31,32)30-10-23(11-30)12-33-13-23/h1-2,7-9,14H,3-6,10-13H2,(H,27,28,29). The quantitative estimate of drug-likeness (QED) is 0.368. The summed E-state index contributed by atoms with van der Waals surface area (Å²) in [4.78, 5) is 16.7. The molecular weight excluding hydrogens is 568 g/mol. The zero-order valence-electron chi connectivity index (χ0n) is 19.6. The Kier molecular flexibility index (Phi) is 6.34. The molecule has 3 aromatic rings. The molecular formula is C23H23BrN6O6S. The van der Waals surface area contributed by atoms with Crippen LogP contribution in [0.5, 0.6) is 17.6 Å². The number of fused-ring (bicyclic) bond motifs is 1. The van der Waals surface area contributed by atoms with Gasteiger partial charge in [-0.1, -0.05) is 12.1 Å². The largest absolute Gasteiger partial charge is 0.493 e. The molecule has 3 aliphatic rings. The highest BCUT2D eigenvalue weighted by molar-refractivity contribution is 9.10. The first kappa shape index (κ1) is 24.3. The third kappa shape index (κ3) is 4.93. The van der Waals surface area contributed by atoms with Crippen LogP contribution in [0, 0.1) is 5.41 Å². The van der Waals surface area contributed by atoms with Crippen molar-refractivity contribution in [2.45, 2.75) is 6.42 Å². The summed E-state index contributed by atoms with van der Waals surface area (Å²) in [5.74, 6) is 1.07. The van der Waals surface area contributed by atoms with Crippen molar-refractivity contribution < 1.29 is 27.4 Å². The number of anilines is 1. The first-order chi connectivity index (χ1) is 17.9. The second kappa shape index (κ2) is 9.67. The zero-order valence-corrected chi connectivity index (χ0v) is 22.0. The van der Waals surface area contributed by atoms with Crippen LogP contribution < -0.4 is 18.9 Å². The van der Waals surface area contributed by atoms with E-state index in [9.17, 15) is 8.42 Å². The van der Waals surface area contributed by atoms with Gasteiger partial charge in [0.05, 0.1) is 29.9 Å². The Hall–Kier alpha value is -3.07. The monoisotopic (exact) mass is 590 g/mol. The molecule has 0 aliphatic carbocycles. The van der Waals surface area contributed by atoms with E-state index in [2.05, 4.69) is 40.6 Å². The van der Waals surface area contributed by atoms with E-state index in [-0.39, 0.29) is 36.3 Å². The maximum absolute atomic E-state index is 13.1. The molecule has 14 heteroatoms. The number of nitrogens with zero attached hydrogens (tertiary/aromatic N) is 5. The second-order valence-electron chi connectivity index (χ2n) is 9.07.